The number of hydrogen-bond acceptors (Lipinski definition) is 4. The van der Waals surface area contributed by atoms with E-state index in [1.807, 2.05) is 32.0 Å². The summed E-state index contributed by atoms with van der Waals surface area (Å²) in [5.41, 5.74) is 6.78. The van der Waals surface area contributed by atoms with Crippen molar-refractivity contribution in [3.8, 4) is 0 Å². The second-order valence-electron chi connectivity index (χ2n) is 7.57. The first-order valence-corrected chi connectivity index (χ1v) is 10.9. The normalized spacial score (nSPS) is 12.5. The van der Waals surface area contributed by atoms with E-state index in [2.05, 4.69) is 49.6 Å². The molecule has 5 heteroatoms. The fourth-order valence-electron chi connectivity index (χ4n) is 3.49. The number of nitrogens with zero attached hydrogens (tertiary/aromatic N) is 1. The van der Waals surface area contributed by atoms with Crippen molar-refractivity contribution in [1.82, 2.24) is 0 Å². The predicted molar refractivity (Wildman–Crippen MR) is 126 cm³/mol. The molecule has 156 valence electrons. The number of rotatable bonds is 8. The van der Waals surface area contributed by atoms with Crippen LogP contribution >= 0.6 is 11.8 Å². The van der Waals surface area contributed by atoms with Crippen LogP contribution in [0.1, 0.15) is 41.9 Å². The minimum absolute atomic E-state index is 0.0247. The molecule has 3 rings (SSSR count). The molecule has 0 saturated heterocycles. The highest BCUT2D eigenvalue weighted by molar-refractivity contribution is 8.10. The first-order valence-electron chi connectivity index (χ1n) is 10.1. The monoisotopic (exact) mass is 421 g/mol. The van der Waals surface area contributed by atoms with E-state index >= 15 is 0 Å². The van der Waals surface area contributed by atoms with Crippen LogP contribution in [0, 0.1) is 24.0 Å². The standard InChI is InChI=1S/C25H27NO3S/c1-5-25(24-15-21-8-6-7-9-23(21)29-24)30-16-17(2)12-22-14-18(3)20(13-19(22)4)10-11-26(27)28/h5-9,13-16H,10-12H2,1-4H3/b17-16+,25-5-. The predicted octanol–water partition coefficient (Wildman–Crippen LogP) is 7.11. The van der Waals surface area contributed by atoms with Crippen LogP contribution in [0.3, 0.4) is 0 Å². The third kappa shape index (κ3) is 5.42. The highest BCUT2D eigenvalue weighted by Crippen LogP contribution is 2.33. The largest absolute Gasteiger partial charge is 0.456 e. The molecule has 0 aliphatic rings. The third-order valence-corrected chi connectivity index (χ3v) is 6.36. The molecule has 0 saturated carbocycles. The van der Waals surface area contributed by atoms with Crippen molar-refractivity contribution in [1.29, 1.82) is 0 Å². The van der Waals surface area contributed by atoms with E-state index in [0.29, 0.717) is 6.42 Å². The molecule has 0 amide bonds. The summed E-state index contributed by atoms with van der Waals surface area (Å²) in [5.74, 6) is 0.884. The van der Waals surface area contributed by atoms with Crippen LogP contribution in [0.2, 0.25) is 0 Å². The van der Waals surface area contributed by atoms with Gasteiger partial charge in [-0.25, -0.2) is 0 Å². The maximum Gasteiger partial charge on any atom is 0.207 e. The number of nitro groups is 1. The average Bonchev–Trinajstić information content (AvgIpc) is 3.13. The van der Waals surface area contributed by atoms with Crippen molar-refractivity contribution >= 4 is 27.6 Å². The Bertz CT molecular complexity index is 1090. The SMILES string of the molecule is C/C=C(\S/C=C(\C)Cc1cc(C)c(CC[N+](=O)[O-])cc1C)c1cc2ccccc2o1. The van der Waals surface area contributed by atoms with Gasteiger partial charge in [-0.05, 0) is 73.9 Å². The van der Waals surface area contributed by atoms with Crippen molar-refractivity contribution in [2.45, 2.75) is 40.5 Å². The Hall–Kier alpha value is -2.79. The maximum absolute atomic E-state index is 10.7. The molecule has 4 nitrogen and oxygen atoms in total. The Kier molecular flexibility index (Phi) is 7.16. The fourth-order valence-corrected chi connectivity index (χ4v) is 4.25. The van der Waals surface area contributed by atoms with Crippen molar-refractivity contribution in [3.05, 3.63) is 97.7 Å². The van der Waals surface area contributed by atoms with E-state index in [9.17, 15) is 10.1 Å². The van der Waals surface area contributed by atoms with Gasteiger partial charge in [0.15, 0.2) is 0 Å². The lowest BCUT2D eigenvalue weighted by Gasteiger charge is -2.12. The van der Waals surface area contributed by atoms with Crippen molar-refractivity contribution in [2.24, 2.45) is 0 Å². The molecule has 0 bridgehead atoms. The minimum Gasteiger partial charge on any atom is -0.456 e. The molecular formula is C25H27NO3S. The molecule has 0 radical (unpaired) electrons. The van der Waals surface area contributed by atoms with E-state index < -0.39 is 0 Å². The lowest BCUT2D eigenvalue weighted by molar-refractivity contribution is -0.479. The minimum atomic E-state index is -0.256. The van der Waals surface area contributed by atoms with Gasteiger partial charge < -0.3 is 4.42 Å². The van der Waals surface area contributed by atoms with Crippen LogP contribution in [-0.4, -0.2) is 11.5 Å². The number of para-hydroxylation sites is 1. The van der Waals surface area contributed by atoms with E-state index in [1.54, 1.807) is 11.8 Å². The van der Waals surface area contributed by atoms with Gasteiger partial charge in [0.25, 0.3) is 0 Å². The van der Waals surface area contributed by atoms with Gasteiger partial charge in [-0.3, -0.25) is 10.1 Å². The molecule has 0 atom stereocenters. The number of fused-ring (bicyclic) bond motifs is 1. The van der Waals surface area contributed by atoms with Crippen molar-refractivity contribution in [2.75, 3.05) is 6.54 Å². The average molecular weight is 422 g/mol. The zero-order valence-electron chi connectivity index (χ0n) is 17.9. The maximum atomic E-state index is 10.7. The highest BCUT2D eigenvalue weighted by Gasteiger charge is 2.10. The molecule has 30 heavy (non-hydrogen) atoms. The molecule has 0 aliphatic heterocycles. The lowest BCUT2D eigenvalue weighted by Crippen LogP contribution is -2.06. The second kappa shape index (κ2) is 9.81. The summed E-state index contributed by atoms with van der Waals surface area (Å²) >= 11 is 1.67. The van der Waals surface area contributed by atoms with E-state index in [1.165, 1.54) is 16.7 Å². The summed E-state index contributed by atoms with van der Waals surface area (Å²) in [5, 5.41) is 14.0. The van der Waals surface area contributed by atoms with Crippen LogP contribution in [-0.2, 0) is 12.8 Å². The summed E-state index contributed by atoms with van der Waals surface area (Å²) in [4.78, 5) is 11.5. The van der Waals surface area contributed by atoms with Crippen LogP contribution in [0.5, 0.6) is 0 Å². The van der Waals surface area contributed by atoms with Gasteiger partial charge in [0.05, 0.1) is 4.91 Å². The van der Waals surface area contributed by atoms with Crippen LogP contribution < -0.4 is 0 Å². The molecule has 1 aromatic heterocycles. The number of hydrogen-bond donors (Lipinski definition) is 0. The van der Waals surface area contributed by atoms with Gasteiger partial charge in [-0.1, -0.05) is 53.7 Å². The Labute approximate surface area is 181 Å². The summed E-state index contributed by atoms with van der Waals surface area (Å²) in [7, 11) is 0. The van der Waals surface area contributed by atoms with Crippen LogP contribution in [0.4, 0.5) is 0 Å². The van der Waals surface area contributed by atoms with Crippen LogP contribution in [0.15, 0.2) is 63.9 Å². The van der Waals surface area contributed by atoms with E-state index in [-0.39, 0.29) is 11.5 Å². The van der Waals surface area contributed by atoms with E-state index in [0.717, 1.165) is 39.2 Å². The van der Waals surface area contributed by atoms with Gasteiger partial charge in [-0.2, -0.15) is 0 Å². The van der Waals surface area contributed by atoms with Gasteiger partial charge >= 0.3 is 0 Å². The molecule has 1 heterocycles. The molecule has 0 aliphatic carbocycles. The summed E-state index contributed by atoms with van der Waals surface area (Å²) in [6, 6.07) is 14.4. The van der Waals surface area contributed by atoms with Gasteiger partial charge in [0.2, 0.25) is 6.54 Å². The molecule has 3 aromatic rings. The summed E-state index contributed by atoms with van der Waals surface area (Å²) in [6.45, 7) is 8.25. The third-order valence-electron chi connectivity index (χ3n) is 5.15. The molecule has 0 N–H and O–H groups in total. The molecular weight excluding hydrogens is 394 g/mol. The first kappa shape index (κ1) is 21.9. The zero-order chi connectivity index (χ0) is 21.7. The van der Waals surface area contributed by atoms with E-state index in [4.69, 9.17) is 4.42 Å². The Morgan fingerprint density at radius 1 is 1.13 bits per heavy atom. The van der Waals surface area contributed by atoms with Gasteiger partial charge in [0, 0.05) is 16.7 Å². The molecule has 0 unspecified atom stereocenters. The summed E-state index contributed by atoms with van der Waals surface area (Å²) in [6.07, 6.45) is 3.41. The molecule has 0 fully saturated rings. The Morgan fingerprint density at radius 2 is 1.83 bits per heavy atom. The van der Waals surface area contributed by atoms with Gasteiger partial charge in [0.1, 0.15) is 11.3 Å². The Morgan fingerprint density at radius 3 is 2.53 bits per heavy atom. The van der Waals surface area contributed by atoms with Gasteiger partial charge in [-0.15, -0.1) is 0 Å². The highest BCUT2D eigenvalue weighted by atomic mass is 32.2. The number of thioether (sulfide) groups is 1. The number of benzene rings is 2. The molecule has 0 spiro atoms. The second-order valence-corrected chi connectivity index (χ2v) is 8.48. The molecule has 2 aromatic carbocycles. The summed E-state index contributed by atoms with van der Waals surface area (Å²) < 4.78 is 5.99. The Balaban J connectivity index is 1.71. The van der Waals surface area contributed by atoms with Crippen molar-refractivity contribution in [3.63, 3.8) is 0 Å². The topological polar surface area (TPSA) is 56.3 Å². The number of aryl methyl sites for hydroxylation is 2. The first-order chi connectivity index (χ1) is 14.4. The fraction of sp³-hybridized carbons (Fsp3) is 0.280. The quantitative estimate of drug-likeness (QED) is 0.287. The lowest BCUT2D eigenvalue weighted by atomic mass is 9.95. The van der Waals surface area contributed by atoms with Crippen LogP contribution in [0.25, 0.3) is 15.9 Å². The van der Waals surface area contributed by atoms with Crippen molar-refractivity contribution < 1.29 is 9.34 Å². The smallest absolute Gasteiger partial charge is 0.207 e. The number of furan rings is 1. The number of allylic oxidation sites excluding steroid dienone is 2. The zero-order valence-corrected chi connectivity index (χ0v) is 18.7.